The van der Waals surface area contributed by atoms with E-state index in [1.54, 1.807) is 7.05 Å². The number of nitrogens with zero attached hydrogens (tertiary/aromatic N) is 1. The highest BCUT2D eigenvalue weighted by Crippen LogP contribution is 2.52. The van der Waals surface area contributed by atoms with Gasteiger partial charge in [-0.25, -0.2) is 8.78 Å². The number of halogens is 2. The molecule has 1 saturated carbocycles. The van der Waals surface area contributed by atoms with E-state index < -0.39 is 11.3 Å². The fraction of sp³-hybridized carbons (Fsp3) is 0.364. The van der Waals surface area contributed by atoms with E-state index in [0.717, 1.165) is 27.6 Å². The summed E-state index contributed by atoms with van der Waals surface area (Å²) in [6.45, 7) is 1.99. The number of amides is 1. The van der Waals surface area contributed by atoms with E-state index >= 15 is 0 Å². The minimum Gasteiger partial charge on any atom is -0.370 e. The van der Waals surface area contributed by atoms with Gasteiger partial charge in [0.25, 0.3) is 0 Å². The number of anilines is 2. The molecule has 2 heterocycles. The zero-order chi connectivity index (χ0) is 20.4. The lowest BCUT2D eigenvalue weighted by molar-refractivity contribution is -0.125. The van der Waals surface area contributed by atoms with Crippen LogP contribution < -0.4 is 10.6 Å². The molecule has 0 unspecified atom stereocenters. The molecule has 1 spiro atoms. The summed E-state index contributed by atoms with van der Waals surface area (Å²) in [4.78, 5) is 12.8. The first-order valence-electron chi connectivity index (χ1n) is 9.76. The lowest BCUT2D eigenvalue weighted by atomic mass is 9.69. The minimum absolute atomic E-state index is 0.167. The molecule has 2 N–H and O–H groups in total. The molecule has 5 rings (SSSR count). The van der Waals surface area contributed by atoms with Crippen molar-refractivity contribution in [2.75, 3.05) is 17.7 Å². The van der Waals surface area contributed by atoms with E-state index in [0.29, 0.717) is 17.1 Å². The third-order valence-corrected chi connectivity index (χ3v) is 6.43. The second-order valence-electron chi connectivity index (χ2n) is 8.07. The van der Waals surface area contributed by atoms with Gasteiger partial charge in [-0.05, 0) is 48.6 Å². The molecule has 1 amide bonds. The number of alkyl halides is 2. The van der Waals surface area contributed by atoms with Crippen molar-refractivity contribution in [3.05, 3.63) is 41.5 Å². The van der Waals surface area contributed by atoms with Crippen molar-refractivity contribution in [3.8, 4) is 11.1 Å². The number of hydrogen-bond acceptors (Lipinski definition) is 4. The molecule has 0 bridgehead atoms. The van der Waals surface area contributed by atoms with Crippen molar-refractivity contribution in [1.82, 2.24) is 5.16 Å². The van der Waals surface area contributed by atoms with Gasteiger partial charge in [0.1, 0.15) is 0 Å². The molecule has 0 radical (unpaired) electrons. The van der Waals surface area contributed by atoms with Gasteiger partial charge in [-0.3, -0.25) is 4.79 Å². The third kappa shape index (κ3) is 2.56. The van der Waals surface area contributed by atoms with E-state index in [2.05, 4.69) is 15.8 Å². The van der Waals surface area contributed by atoms with Gasteiger partial charge in [-0.2, -0.15) is 0 Å². The molecule has 29 heavy (non-hydrogen) atoms. The zero-order valence-corrected chi connectivity index (χ0v) is 16.2. The van der Waals surface area contributed by atoms with Crippen LogP contribution in [0.3, 0.4) is 0 Å². The molecule has 1 aliphatic heterocycles. The van der Waals surface area contributed by atoms with Gasteiger partial charge in [-0.1, -0.05) is 23.4 Å². The van der Waals surface area contributed by atoms with Gasteiger partial charge in [0.15, 0.2) is 11.4 Å². The lowest BCUT2D eigenvalue weighted by Gasteiger charge is -2.35. The maximum Gasteiger partial charge on any atom is 0.248 e. The first kappa shape index (κ1) is 18.1. The molecule has 1 fully saturated rings. The van der Waals surface area contributed by atoms with Crippen molar-refractivity contribution < 1.29 is 18.1 Å². The number of rotatable bonds is 2. The maximum atomic E-state index is 13.7. The molecule has 5 nitrogen and oxygen atoms in total. The molecular weight excluding hydrogens is 376 g/mol. The summed E-state index contributed by atoms with van der Waals surface area (Å²) >= 11 is 0. The predicted octanol–water partition coefficient (Wildman–Crippen LogP) is 5.24. The molecule has 1 aromatic heterocycles. The largest absolute Gasteiger partial charge is 0.370 e. The Morgan fingerprint density at radius 2 is 1.90 bits per heavy atom. The molecule has 3 aromatic rings. The number of fused-ring (bicyclic) bond motifs is 3. The van der Waals surface area contributed by atoms with Crippen LogP contribution >= 0.6 is 0 Å². The topological polar surface area (TPSA) is 67.2 Å². The smallest absolute Gasteiger partial charge is 0.248 e. The van der Waals surface area contributed by atoms with E-state index in [9.17, 15) is 13.6 Å². The standard InChI is InChI=1S/C22H21F2N3O2/c1-12-3-5-14-18(29-27-19(14)25-2)17(12)13-4-6-15-16(11-13)26-20(28)21(15)7-9-22(23,24)10-8-21/h3-6,11H,7-10H2,1-2H3,(H,25,27)(H,26,28). The van der Waals surface area contributed by atoms with Crippen molar-refractivity contribution in [2.45, 2.75) is 43.9 Å². The number of aromatic nitrogens is 1. The van der Waals surface area contributed by atoms with Crippen LogP contribution in [0.2, 0.25) is 0 Å². The zero-order valence-electron chi connectivity index (χ0n) is 16.2. The number of carbonyl (C=O) groups excluding carboxylic acids is 1. The number of carbonyl (C=O) groups is 1. The molecule has 0 saturated heterocycles. The number of aryl methyl sites for hydroxylation is 1. The van der Waals surface area contributed by atoms with Gasteiger partial charge in [-0.15, -0.1) is 0 Å². The van der Waals surface area contributed by atoms with E-state index in [4.69, 9.17) is 4.52 Å². The van der Waals surface area contributed by atoms with Crippen molar-refractivity contribution in [3.63, 3.8) is 0 Å². The van der Waals surface area contributed by atoms with E-state index in [1.165, 1.54) is 0 Å². The second kappa shape index (κ2) is 6.02. The molecule has 2 aromatic carbocycles. The minimum atomic E-state index is -2.68. The summed E-state index contributed by atoms with van der Waals surface area (Å²) in [6.07, 6.45) is -0.184. The van der Waals surface area contributed by atoms with Gasteiger partial charge in [0.2, 0.25) is 11.8 Å². The first-order chi connectivity index (χ1) is 13.8. The highest BCUT2D eigenvalue weighted by atomic mass is 19.3. The Hall–Kier alpha value is -2.96. The Morgan fingerprint density at radius 1 is 1.14 bits per heavy atom. The summed E-state index contributed by atoms with van der Waals surface area (Å²) in [6, 6.07) is 9.73. The van der Waals surface area contributed by atoms with Crippen molar-refractivity contribution in [2.24, 2.45) is 0 Å². The Kier molecular flexibility index (Phi) is 3.75. The molecule has 2 aliphatic rings. The molecule has 7 heteroatoms. The van der Waals surface area contributed by atoms with Gasteiger partial charge >= 0.3 is 0 Å². The van der Waals surface area contributed by atoms with Crippen LogP contribution in [-0.4, -0.2) is 24.0 Å². The predicted molar refractivity (Wildman–Crippen MR) is 107 cm³/mol. The van der Waals surface area contributed by atoms with Gasteiger partial charge < -0.3 is 15.2 Å². The van der Waals surface area contributed by atoms with Crippen LogP contribution in [0.4, 0.5) is 20.3 Å². The SMILES string of the molecule is CNc1noc2c(-c3ccc4c(c3)NC(=O)C43CCC(F)(F)CC3)c(C)ccc12. The summed E-state index contributed by atoms with van der Waals surface area (Å²) in [5, 5.41) is 10.9. The van der Waals surface area contributed by atoms with Crippen molar-refractivity contribution in [1.29, 1.82) is 0 Å². The number of nitrogens with one attached hydrogen (secondary N) is 2. The van der Waals surface area contributed by atoms with E-state index in [1.807, 2.05) is 37.3 Å². The Labute approximate surface area is 166 Å². The summed E-state index contributed by atoms with van der Waals surface area (Å²) in [5.74, 6) is -2.19. The van der Waals surface area contributed by atoms with Crippen LogP contribution in [-0.2, 0) is 10.2 Å². The molecule has 0 atom stereocenters. The van der Waals surface area contributed by atoms with Gasteiger partial charge in [0.05, 0.1) is 10.8 Å². The Bertz CT molecular complexity index is 1140. The van der Waals surface area contributed by atoms with Crippen LogP contribution in [0.1, 0.15) is 36.8 Å². The number of hydrogen-bond donors (Lipinski definition) is 2. The summed E-state index contributed by atoms with van der Waals surface area (Å²) < 4.78 is 33.0. The first-order valence-corrected chi connectivity index (χ1v) is 9.76. The monoisotopic (exact) mass is 397 g/mol. The quantitative estimate of drug-likeness (QED) is 0.620. The lowest BCUT2D eigenvalue weighted by Crippen LogP contribution is -2.41. The van der Waals surface area contributed by atoms with Gasteiger partial charge in [0, 0.05) is 31.1 Å². The fourth-order valence-electron chi connectivity index (χ4n) is 4.77. The van der Waals surface area contributed by atoms with Crippen LogP contribution in [0.15, 0.2) is 34.9 Å². The van der Waals surface area contributed by atoms with Crippen LogP contribution in [0, 0.1) is 6.92 Å². The maximum absolute atomic E-state index is 13.7. The van der Waals surface area contributed by atoms with Crippen LogP contribution in [0.5, 0.6) is 0 Å². The third-order valence-electron chi connectivity index (χ3n) is 6.43. The van der Waals surface area contributed by atoms with E-state index in [-0.39, 0.29) is 31.6 Å². The van der Waals surface area contributed by atoms with Crippen LogP contribution in [0.25, 0.3) is 22.1 Å². The highest BCUT2D eigenvalue weighted by molar-refractivity contribution is 6.08. The highest BCUT2D eigenvalue weighted by Gasteiger charge is 2.52. The Morgan fingerprint density at radius 3 is 2.62 bits per heavy atom. The number of benzene rings is 2. The average Bonchev–Trinajstić information content (AvgIpc) is 3.22. The summed E-state index contributed by atoms with van der Waals surface area (Å²) in [5.41, 5.74) is 4.16. The molecule has 1 aliphatic carbocycles. The molecular formula is C22H21F2N3O2. The van der Waals surface area contributed by atoms with Crippen molar-refractivity contribution >= 4 is 28.4 Å². The summed E-state index contributed by atoms with van der Waals surface area (Å²) in [7, 11) is 1.79. The molecule has 150 valence electrons. The Balaban J connectivity index is 1.61. The normalized spacial score (nSPS) is 19.4. The fourth-order valence-corrected chi connectivity index (χ4v) is 4.77. The average molecular weight is 397 g/mol. The second-order valence-corrected chi connectivity index (χ2v) is 8.07.